The number of aromatic nitrogens is 1. The second-order valence-corrected chi connectivity index (χ2v) is 6.21. The molecule has 0 spiro atoms. The van der Waals surface area contributed by atoms with E-state index >= 15 is 0 Å². The highest BCUT2D eigenvalue weighted by Gasteiger charge is 2.09. The molecule has 0 bridgehead atoms. The van der Waals surface area contributed by atoms with Crippen molar-refractivity contribution in [1.29, 1.82) is 5.41 Å². The van der Waals surface area contributed by atoms with E-state index in [0.29, 0.717) is 5.92 Å². The quantitative estimate of drug-likeness (QED) is 0.585. The number of pyridine rings is 1. The standard InChI is InChI=1S/C21H23N3/c1-16(18-10-9-17-6-2-3-7-19(17)15-18)14-20(22)11-13-24-21-8-4-5-12-23-21/h2-10,12,15-16,22H,11,13-14H2,1H3,(H,23,24)/t16-/m1/s1. The maximum absolute atomic E-state index is 8.24. The van der Waals surface area contributed by atoms with E-state index in [1.165, 1.54) is 16.3 Å². The van der Waals surface area contributed by atoms with Crippen LogP contribution in [0.5, 0.6) is 0 Å². The van der Waals surface area contributed by atoms with E-state index in [9.17, 15) is 0 Å². The third-order valence-corrected chi connectivity index (χ3v) is 4.29. The number of rotatable bonds is 7. The molecule has 0 radical (unpaired) electrons. The Morgan fingerprint density at radius 2 is 1.83 bits per heavy atom. The Labute approximate surface area is 143 Å². The minimum atomic E-state index is 0.358. The summed E-state index contributed by atoms with van der Waals surface area (Å²) in [6, 6.07) is 20.8. The third-order valence-electron chi connectivity index (χ3n) is 4.29. The summed E-state index contributed by atoms with van der Waals surface area (Å²) < 4.78 is 0. The van der Waals surface area contributed by atoms with Gasteiger partial charge in [0.25, 0.3) is 0 Å². The Hall–Kier alpha value is -2.68. The van der Waals surface area contributed by atoms with Crippen LogP contribution in [0.25, 0.3) is 10.8 Å². The Bertz CT molecular complexity index is 811. The summed E-state index contributed by atoms with van der Waals surface area (Å²) in [5.74, 6) is 1.23. The van der Waals surface area contributed by atoms with E-state index in [2.05, 4.69) is 59.7 Å². The molecule has 3 aromatic rings. The number of fused-ring (bicyclic) bond motifs is 1. The Kier molecular flexibility index (Phi) is 5.22. The summed E-state index contributed by atoms with van der Waals surface area (Å²) in [6.45, 7) is 2.95. The summed E-state index contributed by atoms with van der Waals surface area (Å²) in [5.41, 5.74) is 2.08. The van der Waals surface area contributed by atoms with Crippen LogP contribution in [0, 0.1) is 5.41 Å². The van der Waals surface area contributed by atoms with Crippen LogP contribution in [0.1, 0.15) is 31.2 Å². The van der Waals surface area contributed by atoms with Crippen LogP contribution < -0.4 is 5.32 Å². The average Bonchev–Trinajstić information content (AvgIpc) is 2.62. The molecule has 0 aliphatic carbocycles. The van der Waals surface area contributed by atoms with Crippen molar-refractivity contribution in [3.63, 3.8) is 0 Å². The van der Waals surface area contributed by atoms with Crippen molar-refractivity contribution < 1.29 is 0 Å². The minimum absolute atomic E-state index is 0.358. The van der Waals surface area contributed by atoms with E-state index in [0.717, 1.165) is 30.9 Å². The fourth-order valence-electron chi connectivity index (χ4n) is 2.91. The molecule has 0 saturated carbocycles. The first-order valence-corrected chi connectivity index (χ1v) is 8.42. The molecule has 2 aromatic carbocycles. The van der Waals surface area contributed by atoms with Crippen molar-refractivity contribution in [2.45, 2.75) is 25.7 Å². The lowest BCUT2D eigenvalue weighted by molar-refractivity contribution is 0.789. The first kappa shape index (κ1) is 16.2. The van der Waals surface area contributed by atoms with E-state index in [-0.39, 0.29) is 0 Å². The van der Waals surface area contributed by atoms with Crippen molar-refractivity contribution in [1.82, 2.24) is 4.98 Å². The van der Waals surface area contributed by atoms with Gasteiger partial charge in [-0.3, -0.25) is 0 Å². The summed E-state index contributed by atoms with van der Waals surface area (Å²) in [4.78, 5) is 4.23. The Morgan fingerprint density at radius 3 is 2.62 bits per heavy atom. The molecule has 3 heteroatoms. The van der Waals surface area contributed by atoms with Gasteiger partial charge in [-0.15, -0.1) is 0 Å². The molecule has 2 N–H and O–H groups in total. The molecule has 0 aliphatic heterocycles. The summed E-state index contributed by atoms with van der Waals surface area (Å²) in [5, 5.41) is 14.0. The van der Waals surface area contributed by atoms with Crippen molar-refractivity contribution in [3.8, 4) is 0 Å². The van der Waals surface area contributed by atoms with E-state index in [1.807, 2.05) is 18.2 Å². The van der Waals surface area contributed by atoms with E-state index in [1.54, 1.807) is 6.20 Å². The monoisotopic (exact) mass is 317 g/mol. The lowest BCUT2D eigenvalue weighted by atomic mass is 9.92. The maximum Gasteiger partial charge on any atom is 0.125 e. The molecule has 0 aliphatic rings. The minimum Gasteiger partial charge on any atom is -0.370 e. The zero-order chi connectivity index (χ0) is 16.8. The first-order valence-electron chi connectivity index (χ1n) is 8.42. The lowest BCUT2D eigenvalue weighted by Crippen LogP contribution is -2.11. The fraction of sp³-hybridized carbons (Fsp3) is 0.238. The number of nitrogens with one attached hydrogen (secondary N) is 2. The van der Waals surface area contributed by atoms with Crippen LogP contribution in [-0.2, 0) is 0 Å². The van der Waals surface area contributed by atoms with Gasteiger partial charge in [-0.2, -0.15) is 0 Å². The number of hydrogen-bond acceptors (Lipinski definition) is 3. The average molecular weight is 317 g/mol. The molecular weight excluding hydrogens is 294 g/mol. The van der Waals surface area contributed by atoms with Gasteiger partial charge in [-0.05, 0) is 40.8 Å². The Balaban J connectivity index is 1.53. The number of hydrogen-bond donors (Lipinski definition) is 2. The summed E-state index contributed by atoms with van der Waals surface area (Å²) in [6.07, 6.45) is 3.31. The molecule has 0 amide bonds. The molecule has 1 aromatic heterocycles. The molecule has 24 heavy (non-hydrogen) atoms. The molecule has 3 nitrogen and oxygen atoms in total. The van der Waals surface area contributed by atoms with Crippen molar-refractivity contribution in [3.05, 3.63) is 72.4 Å². The van der Waals surface area contributed by atoms with Crippen LogP contribution in [0.3, 0.4) is 0 Å². The smallest absolute Gasteiger partial charge is 0.125 e. The zero-order valence-electron chi connectivity index (χ0n) is 14.0. The lowest BCUT2D eigenvalue weighted by Gasteiger charge is -2.14. The van der Waals surface area contributed by atoms with E-state index < -0.39 is 0 Å². The van der Waals surface area contributed by atoms with Gasteiger partial charge in [-0.1, -0.05) is 55.5 Å². The van der Waals surface area contributed by atoms with Crippen molar-refractivity contribution >= 4 is 22.3 Å². The second kappa shape index (κ2) is 7.73. The molecule has 122 valence electrons. The van der Waals surface area contributed by atoms with Crippen LogP contribution in [0.2, 0.25) is 0 Å². The first-order chi connectivity index (χ1) is 11.7. The van der Waals surface area contributed by atoms with Gasteiger partial charge in [0.1, 0.15) is 5.82 Å². The predicted molar refractivity (Wildman–Crippen MR) is 102 cm³/mol. The molecule has 1 heterocycles. The van der Waals surface area contributed by atoms with Gasteiger partial charge in [0.2, 0.25) is 0 Å². The normalized spacial score (nSPS) is 12.0. The van der Waals surface area contributed by atoms with Gasteiger partial charge in [0.05, 0.1) is 0 Å². The molecule has 0 unspecified atom stereocenters. The molecule has 1 atom stereocenters. The van der Waals surface area contributed by atoms with Crippen molar-refractivity contribution in [2.75, 3.05) is 11.9 Å². The van der Waals surface area contributed by atoms with Gasteiger partial charge < -0.3 is 10.7 Å². The largest absolute Gasteiger partial charge is 0.370 e. The van der Waals surface area contributed by atoms with Gasteiger partial charge in [0, 0.05) is 24.9 Å². The molecule has 0 saturated heterocycles. The molecule has 0 fully saturated rings. The molecular formula is C21H23N3. The molecule has 3 rings (SSSR count). The van der Waals surface area contributed by atoms with Crippen LogP contribution >= 0.6 is 0 Å². The SMILES string of the molecule is C[C@H](CC(=N)CCNc1ccccn1)c1ccc2ccccc2c1. The van der Waals surface area contributed by atoms with E-state index in [4.69, 9.17) is 5.41 Å². The van der Waals surface area contributed by atoms with Gasteiger partial charge >= 0.3 is 0 Å². The maximum atomic E-state index is 8.24. The number of benzene rings is 2. The summed E-state index contributed by atoms with van der Waals surface area (Å²) in [7, 11) is 0. The highest BCUT2D eigenvalue weighted by molar-refractivity contribution is 5.84. The number of anilines is 1. The van der Waals surface area contributed by atoms with Gasteiger partial charge in [-0.25, -0.2) is 4.98 Å². The third kappa shape index (κ3) is 4.19. The second-order valence-electron chi connectivity index (χ2n) is 6.21. The Morgan fingerprint density at radius 1 is 1.04 bits per heavy atom. The van der Waals surface area contributed by atoms with Crippen LogP contribution in [0.4, 0.5) is 5.82 Å². The highest BCUT2D eigenvalue weighted by Crippen LogP contribution is 2.24. The highest BCUT2D eigenvalue weighted by atomic mass is 15.0. The van der Waals surface area contributed by atoms with Crippen LogP contribution in [0.15, 0.2) is 66.9 Å². The zero-order valence-corrected chi connectivity index (χ0v) is 14.0. The number of nitrogens with zero attached hydrogens (tertiary/aromatic N) is 1. The summed E-state index contributed by atoms with van der Waals surface area (Å²) >= 11 is 0. The van der Waals surface area contributed by atoms with Gasteiger partial charge in [0.15, 0.2) is 0 Å². The predicted octanol–water partition coefficient (Wildman–Crippen LogP) is 5.25. The topological polar surface area (TPSA) is 48.8 Å². The van der Waals surface area contributed by atoms with Crippen LogP contribution in [-0.4, -0.2) is 17.2 Å². The fourth-order valence-corrected chi connectivity index (χ4v) is 2.91. The van der Waals surface area contributed by atoms with Crippen molar-refractivity contribution in [2.24, 2.45) is 0 Å².